The van der Waals surface area contributed by atoms with Gasteiger partial charge in [-0.3, -0.25) is 0 Å². The summed E-state index contributed by atoms with van der Waals surface area (Å²) in [4.78, 5) is 0. The molecule has 0 saturated heterocycles. The summed E-state index contributed by atoms with van der Waals surface area (Å²) < 4.78 is 22.5. The molecule has 1 atom stereocenters. The molecule has 16 heavy (non-hydrogen) atoms. The molecule has 0 fully saturated rings. The van der Waals surface area contributed by atoms with E-state index in [2.05, 4.69) is 6.92 Å². The number of unbranched alkanes of at least 4 members (excludes halogenated alkanes) is 7. The van der Waals surface area contributed by atoms with E-state index in [9.17, 15) is 8.42 Å². The summed E-state index contributed by atoms with van der Waals surface area (Å²) >= 11 is 0. The first-order chi connectivity index (χ1) is 7.50. The number of sulfone groups is 1. The maximum Gasteiger partial charge on any atom is 0.176 e. The zero-order chi connectivity index (χ0) is 12.4. The lowest BCUT2D eigenvalue weighted by Crippen LogP contribution is -2.20. The zero-order valence-corrected chi connectivity index (χ0v) is 11.4. The van der Waals surface area contributed by atoms with Gasteiger partial charge < -0.3 is 5.11 Å². The standard InChI is InChI=1S/C12H26O3S/c1-3-4-5-6-7-8-9-10-11-16(14,15)12(2)13/h12-13H,3-11H2,1-2H3. The van der Waals surface area contributed by atoms with Crippen LogP contribution in [0.1, 0.15) is 65.2 Å². The van der Waals surface area contributed by atoms with Crippen LogP contribution < -0.4 is 0 Å². The van der Waals surface area contributed by atoms with Gasteiger partial charge >= 0.3 is 0 Å². The van der Waals surface area contributed by atoms with Gasteiger partial charge in [0.05, 0.1) is 5.75 Å². The first kappa shape index (κ1) is 15.9. The monoisotopic (exact) mass is 250 g/mol. The van der Waals surface area contributed by atoms with Gasteiger partial charge in [-0.15, -0.1) is 0 Å². The van der Waals surface area contributed by atoms with Crippen molar-refractivity contribution in [2.45, 2.75) is 70.7 Å². The molecule has 0 aliphatic carbocycles. The lowest BCUT2D eigenvalue weighted by Gasteiger charge is -2.06. The summed E-state index contributed by atoms with van der Waals surface area (Å²) in [7, 11) is -3.24. The van der Waals surface area contributed by atoms with E-state index in [1.54, 1.807) is 0 Å². The van der Waals surface area contributed by atoms with Crippen molar-refractivity contribution in [3.8, 4) is 0 Å². The fraction of sp³-hybridized carbons (Fsp3) is 1.00. The Kier molecular flexibility index (Phi) is 8.94. The highest BCUT2D eigenvalue weighted by atomic mass is 32.2. The van der Waals surface area contributed by atoms with Crippen molar-refractivity contribution in [1.82, 2.24) is 0 Å². The Morgan fingerprint density at radius 3 is 1.81 bits per heavy atom. The van der Waals surface area contributed by atoms with Gasteiger partial charge in [-0.25, -0.2) is 8.42 Å². The third-order valence-electron chi connectivity index (χ3n) is 2.80. The Balaban J connectivity index is 3.34. The Morgan fingerprint density at radius 2 is 1.38 bits per heavy atom. The Hall–Kier alpha value is -0.0900. The molecule has 98 valence electrons. The predicted molar refractivity (Wildman–Crippen MR) is 68.1 cm³/mol. The topological polar surface area (TPSA) is 54.4 Å². The van der Waals surface area contributed by atoms with E-state index in [1.165, 1.54) is 39.0 Å². The van der Waals surface area contributed by atoms with E-state index >= 15 is 0 Å². The fourth-order valence-corrected chi connectivity index (χ4v) is 2.56. The van der Waals surface area contributed by atoms with Crippen LogP contribution in [0.3, 0.4) is 0 Å². The second-order valence-corrected chi connectivity index (χ2v) is 6.86. The predicted octanol–water partition coefficient (Wildman–Crippen LogP) is 2.88. The normalized spacial score (nSPS) is 13.9. The molecule has 0 saturated carbocycles. The molecule has 0 heterocycles. The van der Waals surface area contributed by atoms with Crippen LogP contribution in [-0.2, 0) is 9.84 Å². The molecule has 0 aliphatic heterocycles. The van der Waals surface area contributed by atoms with E-state index < -0.39 is 15.3 Å². The summed E-state index contributed by atoms with van der Waals surface area (Å²) in [5.41, 5.74) is -1.21. The van der Waals surface area contributed by atoms with E-state index in [1.807, 2.05) is 0 Å². The third-order valence-corrected chi connectivity index (χ3v) is 4.70. The first-order valence-corrected chi connectivity index (χ1v) is 8.12. The molecule has 0 aromatic carbocycles. The average molecular weight is 250 g/mol. The molecule has 0 spiro atoms. The van der Waals surface area contributed by atoms with Gasteiger partial charge in [0, 0.05) is 0 Å². The molecule has 1 unspecified atom stereocenters. The quantitative estimate of drug-likeness (QED) is 0.607. The minimum absolute atomic E-state index is 0.125. The van der Waals surface area contributed by atoms with Crippen LogP contribution in [-0.4, -0.2) is 24.7 Å². The maximum atomic E-state index is 11.3. The molecule has 0 bridgehead atoms. The molecule has 4 heteroatoms. The molecule has 0 aromatic heterocycles. The molecule has 1 N–H and O–H groups in total. The van der Waals surface area contributed by atoms with Crippen LogP contribution in [0, 0.1) is 0 Å². The molecule has 0 amide bonds. The molecular weight excluding hydrogens is 224 g/mol. The summed E-state index contributed by atoms with van der Waals surface area (Å²) in [5, 5.41) is 8.99. The van der Waals surface area contributed by atoms with E-state index in [-0.39, 0.29) is 5.75 Å². The molecular formula is C12H26O3S. The van der Waals surface area contributed by atoms with Gasteiger partial charge in [0.2, 0.25) is 0 Å². The van der Waals surface area contributed by atoms with E-state index in [0.717, 1.165) is 12.8 Å². The number of aliphatic hydroxyl groups excluding tert-OH is 1. The highest BCUT2D eigenvalue weighted by Crippen LogP contribution is 2.10. The second kappa shape index (κ2) is 8.99. The van der Waals surface area contributed by atoms with Crippen molar-refractivity contribution in [1.29, 1.82) is 0 Å². The Labute approximate surface area is 100 Å². The molecule has 0 aliphatic rings. The van der Waals surface area contributed by atoms with Crippen molar-refractivity contribution < 1.29 is 13.5 Å². The van der Waals surface area contributed by atoms with Gasteiger partial charge in [-0.05, 0) is 13.3 Å². The number of rotatable bonds is 10. The number of hydrogen-bond acceptors (Lipinski definition) is 3. The summed E-state index contributed by atoms with van der Waals surface area (Å²) in [6.45, 7) is 3.51. The van der Waals surface area contributed by atoms with Gasteiger partial charge in [0.15, 0.2) is 15.3 Å². The minimum Gasteiger partial charge on any atom is -0.377 e. The Bertz CT molecular complexity index is 245. The summed E-state index contributed by atoms with van der Waals surface area (Å²) in [5.74, 6) is 0.125. The van der Waals surface area contributed by atoms with E-state index in [0.29, 0.717) is 6.42 Å². The fourth-order valence-electron chi connectivity index (χ4n) is 1.61. The summed E-state index contributed by atoms with van der Waals surface area (Å²) in [6, 6.07) is 0. The number of aliphatic hydroxyl groups is 1. The zero-order valence-electron chi connectivity index (χ0n) is 10.6. The van der Waals surface area contributed by atoms with Crippen molar-refractivity contribution in [2.75, 3.05) is 5.75 Å². The largest absolute Gasteiger partial charge is 0.377 e. The van der Waals surface area contributed by atoms with Crippen molar-refractivity contribution in [2.24, 2.45) is 0 Å². The lowest BCUT2D eigenvalue weighted by molar-refractivity contribution is 0.268. The number of hydrogen-bond donors (Lipinski definition) is 1. The maximum absolute atomic E-state index is 11.3. The first-order valence-electron chi connectivity index (χ1n) is 6.40. The van der Waals surface area contributed by atoms with Crippen molar-refractivity contribution >= 4 is 9.84 Å². The summed E-state index contributed by atoms with van der Waals surface area (Å²) in [6.07, 6.45) is 9.06. The highest BCUT2D eigenvalue weighted by Gasteiger charge is 2.16. The van der Waals surface area contributed by atoms with Gasteiger partial charge in [0.25, 0.3) is 0 Å². The average Bonchev–Trinajstić information content (AvgIpc) is 2.21. The molecule has 0 aromatic rings. The third kappa shape index (κ3) is 8.11. The van der Waals surface area contributed by atoms with Crippen LogP contribution in [0.15, 0.2) is 0 Å². The SMILES string of the molecule is CCCCCCCCCCS(=O)(=O)C(C)O. The van der Waals surface area contributed by atoms with Crippen LogP contribution in [0.5, 0.6) is 0 Å². The van der Waals surface area contributed by atoms with Gasteiger partial charge in [0.1, 0.15) is 0 Å². The van der Waals surface area contributed by atoms with Gasteiger partial charge in [-0.1, -0.05) is 51.9 Å². The lowest BCUT2D eigenvalue weighted by atomic mass is 10.1. The molecule has 0 rings (SSSR count). The smallest absolute Gasteiger partial charge is 0.176 e. The Morgan fingerprint density at radius 1 is 0.938 bits per heavy atom. The van der Waals surface area contributed by atoms with E-state index in [4.69, 9.17) is 5.11 Å². The van der Waals surface area contributed by atoms with Crippen LogP contribution in [0.25, 0.3) is 0 Å². The van der Waals surface area contributed by atoms with Gasteiger partial charge in [-0.2, -0.15) is 0 Å². The van der Waals surface area contributed by atoms with Crippen LogP contribution >= 0.6 is 0 Å². The molecule has 3 nitrogen and oxygen atoms in total. The van der Waals surface area contributed by atoms with Crippen LogP contribution in [0.4, 0.5) is 0 Å². The highest BCUT2D eigenvalue weighted by molar-refractivity contribution is 7.91. The second-order valence-electron chi connectivity index (χ2n) is 4.44. The van der Waals surface area contributed by atoms with Crippen molar-refractivity contribution in [3.63, 3.8) is 0 Å². The van der Waals surface area contributed by atoms with Crippen LogP contribution in [0.2, 0.25) is 0 Å². The molecule has 0 radical (unpaired) electrons. The van der Waals surface area contributed by atoms with Crippen molar-refractivity contribution in [3.05, 3.63) is 0 Å². The minimum atomic E-state index is -3.24.